The van der Waals surface area contributed by atoms with E-state index in [0.29, 0.717) is 11.0 Å². The summed E-state index contributed by atoms with van der Waals surface area (Å²) in [6.45, 7) is 0.288. The number of fused-ring (bicyclic) bond motifs is 3. The largest absolute Gasteiger partial charge is 0.485 e. The van der Waals surface area contributed by atoms with Crippen LogP contribution in [0.15, 0.2) is 106 Å². The van der Waals surface area contributed by atoms with Gasteiger partial charge in [0.25, 0.3) is 0 Å². The van der Waals surface area contributed by atoms with Gasteiger partial charge in [-0.25, -0.2) is 0 Å². The summed E-state index contributed by atoms with van der Waals surface area (Å²) < 4.78 is 7.97. The molecule has 0 N–H and O–H groups in total. The molecule has 0 aliphatic carbocycles. The summed E-state index contributed by atoms with van der Waals surface area (Å²) in [7, 11) is 1.90. The minimum atomic E-state index is -0.00300. The van der Waals surface area contributed by atoms with Gasteiger partial charge in [-0.05, 0) is 35.7 Å². The zero-order valence-electron chi connectivity index (χ0n) is 19.5. The molecule has 0 fully saturated rings. The molecule has 0 unspecified atom stereocenters. The lowest BCUT2D eigenvalue weighted by atomic mass is 10.1. The van der Waals surface area contributed by atoms with E-state index in [1.165, 1.54) is 11.8 Å². The van der Waals surface area contributed by atoms with E-state index in [-0.39, 0.29) is 18.3 Å². The van der Waals surface area contributed by atoms with Crippen LogP contribution in [0, 0.1) is 0 Å². The fraction of sp³-hybridized carbons (Fsp3) is 0.107. The maximum atomic E-state index is 13.5. The SMILES string of the molecule is Cn1c(COc2cccc3ccccc23)nnc1SCC(=O)N1c2ccccc2Sc2ccccc21. The Morgan fingerprint density at radius 1 is 0.861 bits per heavy atom. The van der Waals surface area contributed by atoms with E-state index in [1.54, 1.807) is 11.8 Å². The highest BCUT2D eigenvalue weighted by Crippen LogP contribution is 2.48. The minimum absolute atomic E-state index is 0.00300. The van der Waals surface area contributed by atoms with Gasteiger partial charge < -0.3 is 9.30 Å². The standard InChI is InChI=1S/C28H22N4O2S2/c1-31-26(17-34-23-14-8-10-19-9-2-3-11-20(19)23)29-30-28(31)35-18-27(33)32-21-12-4-6-15-24(21)36-25-16-7-5-13-22(25)32/h2-16H,17-18H2,1H3. The van der Waals surface area contributed by atoms with Gasteiger partial charge in [0.2, 0.25) is 5.91 Å². The van der Waals surface area contributed by atoms with Crippen molar-refractivity contribution >= 4 is 51.6 Å². The molecule has 8 heteroatoms. The van der Waals surface area contributed by atoms with Gasteiger partial charge in [-0.2, -0.15) is 0 Å². The van der Waals surface area contributed by atoms with Crippen molar-refractivity contribution in [2.45, 2.75) is 21.6 Å². The first kappa shape index (κ1) is 22.7. The van der Waals surface area contributed by atoms with Gasteiger partial charge in [0.05, 0.1) is 17.1 Å². The van der Waals surface area contributed by atoms with E-state index in [9.17, 15) is 4.79 Å². The molecule has 5 aromatic rings. The molecule has 0 saturated carbocycles. The van der Waals surface area contributed by atoms with Crippen LogP contribution < -0.4 is 9.64 Å². The normalized spacial score (nSPS) is 12.3. The number of benzene rings is 4. The molecule has 178 valence electrons. The van der Waals surface area contributed by atoms with Crippen molar-refractivity contribution in [3.05, 3.63) is 96.8 Å². The maximum Gasteiger partial charge on any atom is 0.242 e. The summed E-state index contributed by atoms with van der Waals surface area (Å²) >= 11 is 3.07. The van der Waals surface area contributed by atoms with Crippen molar-refractivity contribution in [3.8, 4) is 5.75 Å². The average Bonchev–Trinajstić information content (AvgIpc) is 3.28. The van der Waals surface area contributed by atoms with Gasteiger partial charge in [-0.1, -0.05) is 84.2 Å². The second kappa shape index (κ2) is 9.72. The number of hydrogen-bond donors (Lipinski definition) is 0. The second-order valence-corrected chi connectivity index (χ2v) is 10.3. The van der Waals surface area contributed by atoms with Crippen molar-refractivity contribution in [3.63, 3.8) is 0 Å². The summed E-state index contributed by atoms with van der Waals surface area (Å²) in [5, 5.41) is 11.5. The Labute approximate surface area is 217 Å². The van der Waals surface area contributed by atoms with Crippen LogP contribution in [0.4, 0.5) is 11.4 Å². The van der Waals surface area contributed by atoms with Gasteiger partial charge >= 0.3 is 0 Å². The quantitative estimate of drug-likeness (QED) is 0.244. The fourth-order valence-corrected chi connectivity index (χ4v) is 6.06. The van der Waals surface area contributed by atoms with Crippen LogP contribution in [0.3, 0.4) is 0 Å². The molecule has 1 aliphatic heterocycles. The lowest BCUT2D eigenvalue weighted by Crippen LogP contribution is -2.30. The molecule has 0 spiro atoms. The first-order valence-electron chi connectivity index (χ1n) is 11.5. The Hall–Kier alpha value is -3.75. The summed E-state index contributed by atoms with van der Waals surface area (Å²) in [5.74, 6) is 1.74. The molecule has 0 saturated heterocycles. The number of ether oxygens (including phenoxy) is 1. The van der Waals surface area contributed by atoms with Crippen LogP contribution >= 0.6 is 23.5 Å². The average molecular weight is 511 g/mol. The van der Waals surface area contributed by atoms with Crippen molar-refractivity contribution in [2.75, 3.05) is 10.7 Å². The number of amides is 1. The van der Waals surface area contributed by atoms with Crippen LogP contribution in [0.25, 0.3) is 10.8 Å². The number of carbonyl (C=O) groups is 1. The number of hydrogen-bond acceptors (Lipinski definition) is 6. The predicted octanol–water partition coefficient (Wildman–Crippen LogP) is 6.47. The van der Waals surface area contributed by atoms with Gasteiger partial charge in [-0.3, -0.25) is 9.69 Å². The lowest BCUT2D eigenvalue weighted by molar-refractivity contribution is -0.115. The Kier molecular flexibility index (Phi) is 6.13. The van der Waals surface area contributed by atoms with E-state index in [1.807, 2.05) is 95.4 Å². The number of carbonyl (C=O) groups excluding carboxylic acids is 1. The van der Waals surface area contributed by atoms with Crippen molar-refractivity contribution < 1.29 is 9.53 Å². The Morgan fingerprint density at radius 3 is 2.31 bits per heavy atom. The highest BCUT2D eigenvalue weighted by molar-refractivity contribution is 8.00. The van der Waals surface area contributed by atoms with Gasteiger partial charge in [-0.15, -0.1) is 10.2 Å². The van der Waals surface area contributed by atoms with E-state index >= 15 is 0 Å². The second-order valence-electron chi connectivity index (χ2n) is 8.28. The Balaban J connectivity index is 1.17. The van der Waals surface area contributed by atoms with Crippen LogP contribution in [0.2, 0.25) is 0 Å². The molecule has 4 aromatic carbocycles. The fourth-order valence-electron chi connectivity index (χ4n) is 4.22. The van der Waals surface area contributed by atoms with Crippen LogP contribution in [0.5, 0.6) is 5.75 Å². The molecule has 0 atom stereocenters. The molecule has 0 radical (unpaired) electrons. The molecule has 1 aliphatic rings. The first-order valence-corrected chi connectivity index (χ1v) is 13.3. The van der Waals surface area contributed by atoms with E-state index in [0.717, 1.165) is 37.7 Å². The van der Waals surface area contributed by atoms with Crippen LogP contribution in [-0.4, -0.2) is 26.4 Å². The summed E-state index contributed by atoms with van der Waals surface area (Å²) in [4.78, 5) is 17.4. The smallest absolute Gasteiger partial charge is 0.242 e. The van der Waals surface area contributed by atoms with Gasteiger partial charge in [0.1, 0.15) is 12.4 Å². The number of aromatic nitrogens is 3. The Bertz CT molecular complexity index is 1530. The minimum Gasteiger partial charge on any atom is -0.485 e. The summed E-state index contributed by atoms with van der Waals surface area (Å²) in [6.07, 6.45) is 0. The molecule has 6 nitrogen and oxygen atoms in total. The molecule has 6 rings (SSSR count). The van der Waals surface area contributed by atoms with Crippen LogP contribution in [-0.2, 0) is 18.4 Å². The van der Waals surface area contributed by atoms with Gasteiger partial charge in [0.15, 0.2) is 11.0 Å². The molecule has 2 heterocycles. The molecular weight excluding hydrogens is 488 g/mol. The zero-order chi connectivity index (χ0) is 24.5. The summed E-state index contributed by atoms with van der Waals surface area (Å²) in [6, 6.07) is 30.1. The van der Waals surface area contributed by atoms with E-state index in [2.05, 4.69) is 22.3 Å². The predicted molar refractivity (Wildman–Crippen MR) is 144 cm³/mol. The van der Waals surface area contributed by atoms with Gasteiger partial charge in [0, 0.05) is 22.2 Å². The molecule has 1 aromatic heterocycles. The maximum absolute atomic E-state index is 13.5. The molecule has 1 amide bonds. The molecule has 0 bridgehead atoms. The number of rotatable bonds is 6. The van der Waals surface area contributed by atoms with E-state index < -0.39 is 0 Å². The molecular formula is C28H22N4O2S2. The third-order valence-electron chi connectivity index (χ3n) is 6.04. The van der Waals surface area contributed by atoms with Crippen molar-refractivity contribution in [1.82, 2.24) is 14.8 Å². The number of anilines is 2. The highest BCUT2D eigenvalue weighted by Gasteiger charge is 2.28. The Morgan fingerprint density at radius 2 is 1.53 bits per heavy atom. The number of thioether (sulfide) groups is 1. The topological polar surface area (TPSA) is 60.2 Å². The van der Waals surface area contributed by atoms with Crippen molar-refractivity contribution in [1.29, 1.82) is 0 Å². The molecule has 36 heavy (non-hydrogen) atoms. The van der Waals surface area contributed by atoms with Crippen LogP contribution in [0.1, 0.15) is 5.82 Å². The lowest BCUT2D eigenvalue weighted by Gasteiger charge is -2.30. The number of nitrogens with zero attached hydrogens (tertiary/aromatic N) is 4. The van der Waals surface area contributed by atoms with E-state index in [4.69, 9.17) is 4.74 Å². The third kappa shape index (κ3) is 4.23. The summed E-state index contributed by atoms with van der Waals surface area (Å²) in [5.41, 5.74) is 1.82. The zero-order valence-corrected chi connectivity index (χ0v) is 21.1. The number of para-hydroxylation sites is 2. The third-order valence-corrected chi connectivity index (χ3v) is 8.17. The van der Waals surface area contributed by atoms with Crippen molar-refractivity contribution in [2.24, 2.45) is 7.05 Å². The first-order chi connectivity index (χ1) is 17.7. The highest BCUT2D eigenvalue weighted by atomic mass is 32.2. The monoisotopic (exact) mass is 510 g/mol.